The zero-order valence-electron chi connectivity index (χ0n) is 6.84. The van der Waals surface area contributed by atoms with Gasteiger partial charge in [-0.15, -0.1) is 0 Å². The van der Waals surface area contributed by atoms with E-state index < -0.39 is 37.1 Å². The van der Waals surface area contributed by atoms with Gasteiger partial charge < -0.3 is 15.5 Å². The summed E-state index contributed by atoms with van der Waals surface area (Å²) in [6.07, 6.45) is -5.60. The van der Waals surface area contributed by atoms with E-state index in [4.69, 9.17) is 10.2 Å². The molecule has 0 saturated carbocycles. The van der Waals surface area contributed by atoms with Gasteiger partial charge in [0.1, 0.15) is 6.04 Å². The van der Waals surface area contributed by atoms with Crippen LogP contribution >= 0.6 is 0 Å². The number of amides is 1. The molecule has 0 radical (unpaired) electrons. The van der Waals surface area contributed by atoms with Crippen LogP contribution < -0.4 is 5.32 Å². The Balaban J connectivity index is 4.31. The fraction of sp³-hybridized carbons (Fsp3) is 0.667. The first-order valence-corrected chi connectivity index (χ1v) is 3.50. The van der Waals surface area contributed by atoms with Crippen molar-refractivity contribution in [2.45, 2.75) is 18.6 Å². The minimum atomic E-state index is -5.12. The zero-order chi connectivity index (χ0) is 11.4. The van der Waals surface area contributed by atoms with E-state index in [1.165, 1.54) is 5.32 Å². The van der Waals surface area contributed by atoms with Gasteiger partial charge in [-0.05, 0) is 0 Å². The lowest BCUT2D eigenvalue weighted by molar-refractivity contribution is -0.175. The molecule has 0 aliphatic carbocycles. The number of hydrogen-bond acceptors (Lipinski definition) is 3. The second-order valence-electron chi connectivity index (χ2n) is 2.37. The fourth-order valence-electron chi connectivity index (χ4n) is 0.627. The molecular formula is C6H8F3NO4. The second kappa shape index (κ2) is 4.80. The van der Waals surface area contributed by atoms with Gasteiger partial charge >= 0.3 is 18.1 Å². The molecule has 0 spiro atoms. The van der Waals surface area contributed by atoms with Gasteiger partial charge in [0, 0.05) is 13.0 Å². The molecule has 1 unspecified atom stereocenters. The predicted molar refractivity (Wildman–Crippen MR) is 37.3 cm³/mol. The smallest absolute Gasteiger partial charge is 0.471 e. The van der Waals surface area contributed by atoms with Crippen LogP contribution in [-0.4, -0.2) is 40.9 Å². The lowest BCUT2D eigenvalue weighted by atomic mass is 10.2. The van der Waals surface area contributed by atoms with Crippen molar-refractivity contribution in [2.24, 2.45) is 0 Å². The molecule has 0 saturated heterocycles. The van der Waals surface area contributed by atoms with Gasteiger partial charge in [0.05, 0.1) is 0 Å². The number of halogens is 3. The third-order valence-corrected chi connectivity index (χ3v) is 1.28. The molecule has 0 rings (SSSR count). The van der Waals surface area contributed by atoms with E-state index in [1.54, 1.807) is 0 Å². The Morgan fingerprint density at radius 1 is 1.36 bits per heavy atom. The third-order valence-electron chi connectivity index (χ3n) is 1.28. The summed E-state index contributed by atoms with van der Waals surface area (Å²) in [5.74, 6) is -3.96. The van der Waals surface area contributed by atoms with Gasteiger partial charge in [0.25, 0.3) is 0 Å². The van der Waals surface area contributed by atoms with Gasteiger partial charge in [-0.3, -0.25) is 4.79 Å². The normalized spacial score (nSPS) is 13.4. The van der Waals surface area contributed by atoms with E-state index in [0.29, 0.717) is 0 Å². The van der Waals surface area contributed by atoms with Crippen LogP contribution in [0.2, 0.25) is 0 Å². The van der Waals surface area contributed by atoms with E-state index >= 15 is 0 Å². The molecule has 0 aliphatic heterocycles. The maximum absolute atomic E-state index is 11.6. The maximum Gasteiger partial charge on any atom is 0.471 e. The maximum atomic E-state index is 11.6. The summed E-state index contributed by atoms with van der Waals surface area (Å²) in [6.45, 7) is -0.630. The average molecular weight is 215 g/mol. The molecule has 0 aliphatic rings. The molecule has 82 valence electrons. The summed E-state index contributed by atoms with van der Waals surface area (Å²) < 4.78 is 34.9. The number of alkyl halides is 3. The summed E-state index contributed by atoms with van der Waals surface area (Å²) in [4.78, 5) is 20.5. The molecule has 3 N–H and O–H groups in total. The summed E-state index contributed by atoms with van der Waals surface area (Å²) in [5.41, 5.74) is 0. The number of aliphatic hydroxyl groups excluding tert-OH is 1. The summed E-state index contributed by atoms with van der Waals surface area (Å²) in [5, 5.41) is 17.9. The number of carboxylic acids is 1. The van der Waals surface area contributed by atoms with Crippen LogP contribution in [0.4, 0.5) is 13.2 Å². The van der Waals surface area contributed by atoms with Crippen molar-refractivity contribution in [3.05, 3.63) is 0 Å². The van der Waals surface area contributed by atoms with Crippen LogP contribution in [0.5, 0.6) is 0 Å². The van der Waals surface area contributed by atoms with Gasteiger partial charge in [0.2, 0.25) is 0 Å². The monoisotopic (exact) mass is 215 g/mol. The molecule has 8 heteroatoms. The van der Waals surface area contributed by atoms with E-state index in [-0.39, 0.29) is 0 Å². The van der Waals surface area contributed by atoms with Crippen LogP contribution in [-0.2, 0) is 9.59 Å². The minimum absolute atomic E-state index is 0.475. The van der Waals surface area contributed by atoms with Crippen LogP contribution in [0, 0.1) is 0 Å². The Kier molecular flexibility index (Phi) is 4.35. The van der Waals surface area contributed by atoms with Crippen LogP contribution in [0.1, 0.15) is 6.42 Å². The van der Waals surface area contributed by atoms with Crippen LogP contribution in [0.15, 0.2) is 0 Å². The fourth-order valence-corrected chi connectivity index (χ4v) is 0.627. The number of carboxylic acid groups (broad SMARTS) is 1. The molecule has 0 aromatic carbocycles. The van der Waals surface area contributed by atoms with Crippen LogP contribution in [0.25, 0.3) is 0 Å². The van der Waals surface area contributed by atoms with Gasteiger partial charge in [0.15, 0.2) is 0 Å². The van der Waals surface area contributed by atoms with E-state index in [2.05, 4.69) is 0 Å². The first-order valence-electron chi connectivity index (χ1n) is 3.50. The molecule has 0 aromatic heterocycles. The van der Waals surface area contributed by atoms with E-state index in [1.807, 2.05) is 0 Å². The Morgan fingerprint density at radius 3 is 2.14 bits per heavy atom. The van der Waals surface area contributed by atoms with Gasteiger partial charge in [-0.2, -0.15) is 13.2 Å². The van der Waals surface area contributed by atoms with Crippen molar-refractivity contribution in [3.63, 3.8) is 0 Å². The number of hydrogen-bond donors (Lipinski definition) is 3. The quantitative estimate of drug-likeness (QED) is 0.590. The molecule has 0 bridgehead atoms. The van der Waals surface area contributed by atoms with E-state index in [0.717, 1.165) is 0 Å². The molecule has 0 aromatic rings. The van der Waals surface area contributed by atoms with Crippen molar-refractivity contribution < 1.29 is 33.0 Å². The topological polar surface area (TPSA) is 86.6 Å². The highest BCUT2D eigenvalue weighted by Crippen LogP contribution is 2.14. The number of aliphatic hydroxyl groups is 1. The number of rotatable bonds is 4. The molecular weight excluding hydrogens is 207 g/mol. The van der Waals surface area contributed by atoms with Crippen molar-refractivity contribution >= 4 is 11.9 Å². The lowest BCUT2D eigenvalue weighted by Gasteiger charge is -2.14. The zero-order valence-corrected chi connectivity index (χ0v) is 6.84. The van der Waals surface area contributed by atoms with E-state index in [9.17, 15) is 22.8 Å². The number of carbonyl (C=O) groups is 2. The van der Waals surface area contributed by atoms with Crippen molar-refractivity contribution in [1.82, 2.24) is 5.32 Å². The number of aliphatic carboxylic acids is 1. The second-order valence-corrected chi connectivity index (χ2v) is 2.37. The van der Waals surface area contributed by atoms with Gasteiger partial charge in [-0.1, -0.05) is 0 Å². The van der Waals surface area contributed by atoms with Crippen molar-refractivity contribution in [3.8, 4) is 0 Å². The Morgan fingerprint density at radius 2 is 1.86 bits per heavy atom. The van der Waals surface area contributed by atoms with Crippen molar-refractivity contribution in [2.75, 3.05) is 6.61 Å². The largest absolute Gasteiger partial charge is 0.480 e. The Hall–Kier alpha value is -1.31. The average Bonchev–Trinajstić information content (AvgIpc) is 2.01. The lowest BCUT2D eigenvalue weighted by Crippen LogP contribution is -2.47. The molecule has 1 atom stereocenters. The number of nitrogens with one attached hydrogen (secondary N) is 1. The minimum Gasteiger partial charge on any atom is -0.480 e. The SMILES string of the molecule is O=C(O)C(CCO)NC(=O)C(F)(F)F. The highest BCUT2D eigenvalue weighted by molar-refractivity contribution is 5.86. The Labute approximate surface area is 76.5 Å². The first kappa shape index (κ1) is 12.7. The molecule has 1 amide bonds. The number of carbonyl (C=O) groups excluding carboxylic acids is 1. The summed E-state index contributed by atoms with van der Waals surface area (Å²) in [7, 11) is 0. The highest BCUT2D eigenvalue weighted by atomic mass is 19.4. The van der Waals surface area contributed by atoms with Crippen LogP contribution in [0.3, 0.4) is 0 Å². The molecule has 14 heavy (non-hydrogen) atoms. The summed E-state index contributed by atoms with van der Waals surface area (Å²) in [6, 6.07) is -1.73. The molecule has 0 heterocycles. The standard InChI is InChI=1S/C6H8F3NO4/c7-6(8,9)5(14)10-3(1-2-11)4(12)13/h3,11H,1-2H2,(H,10,14)(H,12,13). The summed E-state index contributed by atoms with van der Waals surface area (Å²) >= 11 is 0. The molecule has 5 nitrogen and oxygen atoms in total. The highest BCUT2D eigenvalue weighted by Gasteiger charge is 2.40. The third kappa shape index (κ3) is 4.08. The first-order chi connectivity index (χ1) is 6.29. The van der Waals surface area contributed by atoms with Gasteiger partial charge in [-0.25, -0.2) is 4.79 Å². The predicted octanol–water partition coefficient (Wildman–Crippen LogP) is -0.499. The molecule has 0 fully saturated rings. The van der Waals surface area contributed by atoms with Crippen molar-refractivity contribution in [1.29, 1.82) is 0 Å². The Bertz CT molecular complexity index is 228.